The number of rotatable bonds is 6. The van der Waals surface area contributed by atoms with Gasteiger partial charge in [0, 0.05) is 13.0 Å². The van der Waals surface area contributed by atoms with Crippen LogP contribution in [0.3, 0.4) is 0 Å². The van der Waals surface area contributed by atoms with Crippen LogP contribution in [0.5, 0.6) is 5.75 Å². The molecule has 8 heteroatoms. The number of aromatic amines is 2. The van der Waals surface area contributed by atoms with E-state index < -0.39 is 0 Å². The maximum atomic E-state index is 12.1. The van der Waals surface area contributed by atoms with Crippen molar-refractivity contribution in [2.24, 2.45) is 0 Å². The number of H-pyrrole nitrogens is 2. The van der Waals surface area contributed by atoms with Gasteiger partial charge >= 0.3 is 5.69 Å². The van der Waals surface area contributed by atoms with Crippen LogP contribution < -0.4 is 15.7 Å². The Bertz CT molecular complexity index is 751. The molecular formula is C15H17ClN4O3. The van der Waals surface area contributed by atoms with Gasteiger partial charge in [-0.15, -0.1) is 0 Å². The summed E-state index contributed by atoms with van der Waals surface area (Å²) in [4.78, 5) is 25.5. The SMILES string of the molecule is O=C(NCCc1n[nH]c(=O)[nH]1)c1ccc(OC2CCC2)cc1Cl. The first kappa shape index (κ1) is 15.6. The molecule has 1 amide bonds. The predicted octanol–water partition coefficient (Wildman–Crippen LogP) is 1.66. The molecule has 23 heavy (non-hydrogen) atoms. The van der Waals surface area contributed by atoms with Crippen molar-refractivity contribution in [1.29, 1.82) is 0 Å². The Kier molecular flexibility index (Phi) is 4.66. The molecule has 1 aromatic heterocycles. The highest BCUT2D eigenvalue weighted by Gasteiger charge is 2.20. The average molecular weight is 337 g/mol. The summed E-state index contributed by atoms with van der Waals surface area (Å²) in [6.07, 6.45) is 4.01. The molecule has 1 aromatic carbocycles. The van der Waals surface area contributed by atoms with E-state index in [0.717, 1.165) is 12.8 Å². The third-order valence-corrected chi connectivity index (χ3v) is 4.05. The van der Waals surface area contributed by atoms with Crippen LogP contribution in [0.2, 0.25) is 5.02 Å². The monoisotopic (exact) mass is 336 g/mol. The normalized spacial score (nSPS) is 14.3. The standard InChI is InChI=1S/C15H17ClN4O3/c16-12-8-10(23-9-2-1-3-9)4-5-11(12)14(21)17-7-6-13-18-15(22)20-19-13/h4-5,8-9H,1-3,6-7H2,(H,17,21)(H2,18,19,20,22). The van der Waals surface area contributed by atoms with Crippen molar-refractivity contribution < 1.29 is 9.53 Å². The molecule has 122 valence electrons. The van der Waals surface area contributed by atoms with E-state index in [1.807, 2.05) is 0 Å². The van der Waals surface area contributed by atoms with Gasteiger partial charge in [0.05, 0.1) is 16.7 Å². The molecule has 1 aliphatic carbocycles. The molecule has 1 saturated carbocycles. The smallest absolute Gasteiger partial charge is 0.340 e. The molecule has 1 heterocycles. The van der Waals surface area contributed by atoms with Gasteiger partial charge in [-0.05, 0) is 37.5 Å². The highest BCUT2D eigenvalue weighted by molar-refractivity contribution is 6.34. The number of aromatic nitrogens is 3. The summed E-state index contributed by atoms with van der Waals surface area (Å²) in [5.41, 5.74) is 0.0274. The maximum Gasteiger partial charge on any atom is 0.340 e. The highest BCUT2D eigenvalue weighted by Crippen LogP contribution is 2.28. The molecular weight excluding hydrogens is 320 g/mol. The zero-order valence-corrected chi connectivity index (χ0v) is 13.2. The van der Waals surface area contributed by atoms with Gasteiger partial charge in [-0.2, -0.15) is 5.10 Å². The van der Waals surface area contributed by atoms with E-state index in [9.17, 15) is 9.59 Å². The first-order valence-electron chi connectivity index (χ1n) is 7.50. The quantitative estimate of drug-likeness (QED) is 0.746. The largest absolute Gasteiger partial charge is 0.490 e. The van der Waals surface area contributed by atoms with Crippen molar-refractivity contribution in [3.8, 4) is 5.75 Å². The summed E-state index contributed by atoms with van der Waals surface area (Å²) in [6.45, 7) is 0.344. The van der Waals surface area contributed by atoms with Crippen LogP contribution in [0.15, 0.2) is 23.0 Å². The number of hydrogen-bond acceptors (Lipinski definition) is 4. The Labute approximate surface area is 137 Å². The van der Waals surface area contributed by atoms with Crippen LogP contribution in [0.4, 0.5) is 0 Å². The predicted molar refractivity (Wildman–Crippen MR) is 85.0 cm³/mol. The maximum absolute atomic E-state index is 12.1. The summed E-state index contributed by atoms with van der Waals surface area (Å²) in [5.74, 6) is 0.902. The van der Waals surface area contributed by atoms with Gasteiger partial charge in [0.25, 0.3) is 5.91 Å². The fourth-order valence-corrected chi connectivity index (χ4v) is 2.50. The Hall–Kier alpha value is -2.28. The van der Waals surface area contributed by atoms with Crippen LogP contribution in [0, 0.1) is 0 Å². The molecule has 0 aliphatic heterocycles. The second-order valence-corrected chi connectivity index (χ2v) is 5.85. The molecule has 0 atom stereocenters. The molecule has 3 N–H and O–H groups in total. The number of halogens is 1. The fourth-order valence-electron chi connectivity index (χ4n) is 2.25. The van der Waals surface area contributed by atoms with Crippen LogP contribution in [0.1, 0.15) is 35.4 Å². The second kappa shape index (κ2) is 6.87. The minimum absolute atomic E-state index is 0.266. The van der Waals surface area contributed by atoms with Gasteiger partial charge in [-0.3, -0.25) is 9.78 Å². The number of ether oxygens (including phenoxy) is 1. The summed E-state index contributed by atoms with van der Waals surface area (Å²) in [6, 6.07) is 5.08. The number of nitrogens with zero attached hydrogens (tertiary/aromatic N) is 1. The van der Waals surface area contributed by atoms with Crippen LogP contribution in [-0.4, -0.2) is 33.7 Å². The molecule has 0 unspecified atom stereocenters. The molecule has 2 aromatic rings. The van der Waals surface area contributed by atoms with Crippen LogP contribution >= 0.6 is 11.6 Å². The lowest BCUT2D eigenvalue weighted by Crippen LogP contribution is -2.26. The summed E-state index contributed by atoms with van der Waals surface area (Å²) >= 11 is 6.16. The zero-order valence-electron chi connectivity index (χ0n) is 12.4. The number of nitrogens with one attached hydrogen (secondary N) is 3. The Morgan fingerprint density at radius 1 is 1.43 bits per heavy atom. The van der Waals surface area contributed by atoms with Crippen LogP contribution in [0.25, 0.3) is 0 Å². The van der Waals surface area contributed by atoms with Gasteiger partial charge in [-0.1, -0.05) is 11.6 Å². The van der Waals surface area contributed by atoms with Crippen molar-refractivity contribution in [3.63, 3.8) is 0 Å². The van der Waals surface area contributed by atoms with E-state index in [-0.39, 0.29) is 17.7 Å². The van der Waals surface area contributed by atoms with E-state index >= 15 is 0 Å². The van der Waals surface area contributed by atoms with Gasteiger partial charge in [0.1, 0.15) is 11.6 Å². The number of amides is 1. The summed E-state index contributed by atoms with van der Waals surface area (Å²) < 4.78 is 5.75. The average Bonchev–Trinajstić information content (AvgIpc) is 2.88. The van der Waals surface area contributed by atoms with Gasteiger partial charge in [0.2, 0.25) is 0 Å². The third-order valence-electron chi connectivity index (χ3n) is 3.74. The van der Waals surface area contributed by atoms with Crippen molar-refractivity contribution >= 4 is 17.5 Å². The zero-order chi connectivity index (χ0) is 16.2. The molecule has 1 aliphatic rings. The molecule has 1 fully saturated rings. The Morgan fingerprint density at radius 2 is 2.26 bits per heavy atom. The minimum Gasteiger partial charge on any atom is -0.490 e. The summed E-state index contributed by atoms with van der Waals surface area (Å²) in [5, 5.41) is 9.13. The lowest BCUT2D eigenvalue weighted by Gasteiger charge is -2.26. The van der Waals surface area contributed by atoms with Crippen LogP contribution in [-0.2, 0) is 6.42 Å². The van der Waals surface area contributed by atoms with Gasteiger partial charge < -0.3 is 10.1 Å². The van der Waals surface area contributed by atoms with E-state index in [1.165, 1.54) is 6.42 Å². The van der Waals surface area contributed by atoms with Crippen molar-refractivity contribution in [2.75, 3.05) is 6.54 Å². The van der Waals surface area contributed by atoms with Gasteiger partial charge in [0.15, 0.2) is 0 Å². The lowest BCUT2D eigenvalue weighted by atomic mass is 9.96. The Morgan fingerprint density at radius 3 is 2.87 bits per heavy atom. The first-order chi connectivity index (χ1) is 11.1. The molecule has 3 rings (SSSR count). The summed E-state index contributed by atoms with van der Waals surface area (Å²) in [7, 11) is 0. The number of carbonyl (C=O) groups excluding carboxylic acids is 1. The van der Waals surface area contributed by atoms with E-state index in [0.29, 0.717) is 35.1 Å². The Balaban J connectivity index is 1.54. The van der Waals surface area contributed by atoms with Crippen molar-refractivity contribution in [2.45, 2.75) is 31.8 Å². The third kappa shape index (κ3) is 3.92. The second-order valence-electron chi connectivity index (χ2n) is 5.44. The van der Waals surface area contributed by atoms with Crippen molar-refractivity contribution in [3.05, 3.63) is 45.1 Å². The molecule has 7 nitrogen and oxygen atoms in total. The molecule has 0 saturated heterocycles. The van der Waals surface area contributed by atoms with E-state index in [4.69, 9.17) is 16.3 Å². The lowest BCUT2D eigenvalue weighted by molar-refractivity contribution is 0.0954. The molecule has 0 bridgehead atoms. The topological polar surface area (TPSA) is 99.9 Å². The highest BCUT2D eigenvalue weighted by atomic mass is 35.5. The fraction of sp³-hybridized carbons (Fsp3) is 0.400. The number of benzene rings is 1. The number of hydrogen-bond donors (Lipinski definition) is 3. The van der Waals surface area contributed by atoms with Crippen molar-refractivity contribution in [1.82, 2.24) is 20.5 Å². The minimum atomic E-state index is -0.364. The first-order valence-corrected chi connectivity index (χ1v) is 7.87. The molecule has 0 radical (unpaired) electrons. The number of carbonyl (C=O) groups is 1. The van der Waals surface area contributed by atoms with E-state index in [2.05, 4.69) is 20.5 Å². The molecule has 0 spiro atoms. The van der Waals surface area contributed by atoms with Gasteiger partial charge in [-0.25, -0.2) is 9.89 Å². The van der Waals surface area contributed by atoms with E-state index in [1.54, 1.807) is 18.2 Å².